The van der Waals surface area contributed by atoms with Crippen molar-refractivity contribution in [2.75, 3.05) is 39.8 Å². The van der Waals surface area contributed by atoms with Crippen LogP contribution < -0.4 is 5.32 Å². The molecule has 0 spiro atoms. The van der Waals surface area contributed by atoms with Gasteiger partial charge in [-0.2, -0.15) is 0 Å². The van der Waals surface area contributed by atoms with Crippen LogP contribution in [-0.2, 0) is 4.79 Å². The van der Waals surface area contributed by atoms with Crippen LogP contribution in [0.25, 0.3) is 0 Å². The molecule has 3 fully saturated rings. The van der Waals surface area contributed by atoms with E-state index < -0.39 is 0 Å². The molecule has 4 nitrogen and oxygen atoms in total. The molecule has 3 aliphatic rings. The van der Waals surface area contributed by atoms with Gasteiger partial charge >= 0.3 is 0 Å². The second-order valence-electron chi connectivity index (χ2n) is 6.87. The highest BCUT2D eigenvalue weighted by atomic mass is 35.5. The average molecular weight is 352 g/mol. The summed E-state index contributed by atoms with van der Waals surface area (Å²) in [6, 6.07) is 0.843. The zero-order chi connectivity index (χ0) is 13.9. The number of nitrogens with zero attached hydrogens (tertiary/aromatic N) is 2. The van der Waals surface area contributed by atoms with Crippen LogP contribution in [0, 0.1) is 11.8 Å². The van der Waals surface area contributed by atoms with Crippen LogP contribution >= 0.6 is 24.8 Å². The van der Waals surface area contributed by atoms with Gasteiger partial charge in [0.05, 0.1) is 0 Å². The number of carbonyl (C=O) groups is 1. The lowest BCUT2D eigenvalue weighted by Gasteiger charge is -2.41. The predicted molar refractivity (Wildman–Crippen MR) is 95.0 cm³/mol. The molecule has 1 N–H and O–H groups in total. The molecule has 6 heteroatoms. The fourth-order valence-corrected chi connectivity index (χ4v) is 4.54. The number of amides is 1. The maximum absolute atomic E-state index is 12.1. The third-order valence-electron chi connectivity index (χ3n) is 5.65. The number of hydrogen-bond donors (Lipinski definition) is 1. The Morgan fingerprint density at radius 2 is 1.82 bits per heavy atom. The first kappa shape index (κ1) is 20.0. The van der Waals surface area contributed by atoms with E-state index in [-0.39, 0.29) is 24.8 Å². The fourth-order valence-electron chi connectivity index (χ4n) is 4.54. The summed E-state index contributed by atoms with van der Waals surface area (Å²) in [6.45, 7) is 5.05. The molecule has 0 aromatic carbocycles. The Labute approximate surface area is 147 Å². The lowest BCUT2D eigenvalue weighted by molar-refractivity contribution is -0.133. The Kier molecular flexibility index (Phi) is 8.47. The lowest BCUT2D eigenvalue weighted by atomic mass is 9.93. The molecule has 0 aromatic rings. The minimum atomic E-state index is 0. The molecular formula is C16H31Cl2N3O. The topological polar surface area (TPSA) is 35.6 Å². The van der Waals surface area contributed by atoms with Crippen LogP contribution in [0.3, 0.4) is 0 Å². The van der Waals surface area contributed by atoms with Crippen LogP contribution in [0.5, 0.6) is 0 Å². The summed E-state index contributed by atoms with van der Waals surface area (Å²) >= 11 is 0. The first-order chi connectivity index (χ1) is 9.78. The SMILES string of the molecule is CNCCCC(=O)N1CCN(C2CC3CCC2C3)CC1.Cl.Cl. The number of halogens is 2. The van der Waals surface area contributed by atoms with E-state index in [1.165, 1.54) is 25.7 Å². The van der Waals surface area contributed by atoms with Gasteiger partial charge in [0.15, 0.2) is 0 Å². The second kappa shape index (κ2) is 9.31. The van der Waals surface area contributed by atoms with Crippen molar-refractivity contribution in [1.82, 2.24) is 15.1 Å². The van der Waals surface area contributed by atoms with Crippen LogP contribution in [0.2, 0.25) is 0 Å². The van der Waals surface area contributed by atoms with Gasteiger partial charge in [-0.15, -0.1) is 24.8 Å². The molecule has 2 saturated carbocycles. The summed E-state index contributed by atoms with van der Waals surface area (Å²) in [6.07, 6.45) is 7.51. The standard InChI is InChI=1S/C16H29N3O.2ClH/c1-17-6-2-3-16(20)19-9-7-18(8-10-19)15-12-13-4-5-14(15)11-13;;/h13-15,17H,2-12H2,1H3;2*1H. The van der Waals surface area contributed by atoms with Crippen LogP contribution in [-0.4, -0.2) is 61.5 Å². The minimum absolute atomic E-state index is 0. The normalized spacial score (nSPS) is 30.8. The van der Waals surface area contributed by atoms with Crippen molar-refractivity contribution in [2.45, 2.75) is 44.6 Å². The van der Waals surface area contributed by atoms with Gasteiger partial charge in [-0.3, -0.25) is 9.69 Å². The van der Waals surface area contributed by atoms with Gasteiger partial charge in [0.25, 0.3) is 0 Å². The minimum Gasteiger partial charge on any atom is -0.340 e. The summed E-state index contributed by atoms with van der Waals surface area (Å²) in [4.78, 5) is 16.9. The summed E-state index contributed by atoms with van der Waals surface area (Å²) in [5, 5.41) is 3.11. The van der Waals surface area contributed by atoms with Crippen molar-refractivity contribution in [3.8, 4) is 0 Å². The Hall–Kier alpha value is -0.0300. The molecular weight excluding hydrogens is 321 g/mol. The molecule has 3 rings (SSSR count). The molecule has 1 saturated heterocycles. The smallest absolute Gasteiger partial charge is 0.222 e. The molecule has 1 amide bonds. The Bertz CT molecular complexity index is 348. The van der Waals surface area contributed by atoms with Crippen molar-refractivity contribution >= 4 is 30.7 Å². The first-order valence-corrected chi connectivity index (χ1v) is 8.44. The van der Waals surface area contributed by atoms with Crippen LogP contribution in [0.15, 0.2) is 0 Å². The average Bonchev–Trinajstić information content (AvgIpc) is 3.10. The zero-order valence-electron chi connectivity index (χ0n) is 13.6. The third-order valence-corrected chi connectivity index (χ3v) is 5.65. The Morgan fingerprint density at radius 3 is 2.36 bits per heavy atom. The molecule has 130 valence electrons. The third kappa shape index (κ3) is 4.50. The molecule has 3 atom stereocenters. The second-order valence-corrected chi connectivity index (χ2v) is 6.87. The number of carbonyl (C=O) groups excluding carboxylic acids is 1. The maximum Gasteiger partial charge on any atom is 0.222 e. The van der Waals surface area contributed by atoms with Crippen LogP contribution in [0.1, 0.15) is 38.5 Å². The van der Waals surface area contributed by atoms with Crippen LogP contribution in [0.4, 0.5) is 0 Å². The maximum atomic E-state index is 12.1. The van der Waals surface area contributed by atoms with E-state index in [9.17, 15) is 4.79 Å². The van der Waals surface area contributed by atoms with E-state index in [2.05, 4.69) is 15.1 Å². The van der Waals surface area contributed by atoms with Crippen molar-refractivity contribution in [1.29, 1.82) is 0 Å². The van der Waals surface area contributed by atoms with Gasteiger partial charge in [0.2, 0.25) is 5.91 Å². The van der Waals surface area contributed by atoms with Gasteiger partial charge in [0.1, 0.15) is 0 Å². The van der Waals surface area contributed by atoms with E-state index >= 15 is 0 Å². The highest BCUT2D eigenvalue weighted by molar-refractivity contribution is 5.85. The number of rotatable bonds is 5. The van der Waals surface area contributed by atoms with Crippen molar-refractivity contribution in [2.24, 2.45) is 11.8 Å². The summed E-state index contributed by atoms with van der Waals surface area (Å²) < 4.78 is 0. The molecule has 0 radical (unpaired) electrons. The zero-order valence-corrected chi connectivity index (χ0v) is 15.3. The molecule has 0 aromatic heterocycles. The van der Waals surface area contributed by atoms with Gasteiger partial charge < -0.3 is 10.2 Å². The summed E-state index contributed by atoms with van der Waals surface area (Å²) in [7, 11) is 1.94. The van der Waals surface area contributed by atoms with Gasteiger partial charge in [-0.05, 0) is 51.1 Å². The predicted octanol–water partition coefficient (Wildman–Crippen LogP) is 2.16. The van der Waals surface area contributed by atoms with Gasteiger partial charge in [-0.25, -0.2) is 0 Å². The molecule has 22 heavy (non-hydrogen) atoms. The monoisotopic (exact) mass is 351 g/mol. The number of hydrogen-bond acceptors (Lipinski definition) is 3. The lowest BCUT2D eigenvalue weighted by Crippen LogP contribution is -2.53. The number of nitrogens with one attached hydrogen (secondary N) is 1. The van der Waals surface area contributed by atoms with E-state index in [0.717, 1.165) is 57.0 Å². The first-order valence-electron chi connectivity index (χ1n) is 8.44. The largest absolute Gasteiger partial charge is 0.340 e. The van der Waals surface area contributed by atoms with E-state index in [4.69, 9.17) is 0 Å². The van der Waals surface area contributed by atoms with Crippen molar-refractivity contribution < 1.29 is 4.79 Å². The van der Waals surface area contributed by atoms with Crippen molar-refractivity contribution in [3.05, 3.63) is 0 Å². The fraction of sp³-hybridized carbons (Fsp3) is 0.938. The van der Waals surface area contributed by atoms with Gasteiger partial charge in [0, 0.05) is 38.6 Å². The number of fused-ring (bicyclic) bond motifs is 2. The highest BCUT2D eigenvalue weighted by Crippen LogP contribution is 2.46. The Morgan fingerprint density at radius 1 is 1.09 bits per heavy atom. The quantitative estimate of drug-likeness (QED) is 0.771. The van der Waals surface area contributed by atoms with E-state index in [0.29, 0.717) is 12.3 Å². The molecule has 1 heterocycles. The molecule has 2 aliphatic carbocycles. The highest BCUT2D eigenvalue weighted by Gasteiger charge is 2.42. The van der Waals surface area contributed by atoms with Crippen molar-refractivity contribution in [3.63, 3.8) is 0 Å². The van der Waals surface area contributed by atoms with E-state index in [1.54, 1.807) is 0 Å². The van der Waals surface area contributed by atoms with Gasteiger partial charge in [-0.1, -0.05) is 6.42 Å². The van der Waals surface area contributed by atoms with E-state index in [1.807, 2.05) is 7.05 Å². The number of piperazine rings is 1. The summed E-state index contributed by atoms with van der Waals surface area (Å²) in [5.74, 6) is 2.34. The summed E-state index contributed by atoms with van der Waals surface area (Å²) in [5.41, 5.74) is 0. The molecule has 2 bridgehead atoms. The molecule has 3 unspecified atom stereocenters. The Balaban J connectivity index is 0.00000121. The molecule has 1 aliphatic heterocycles.